The number of phenolic OH excluding ortho intramolecular Hbond substituents is 1. The van der Waals surface area contributed by atoms with Gasteiger partial charge in [-0.15, -0.1) is 0 Å². The topological polar surface area (TPSA) is 20.2 Å². The molecule has 0 aromatic heterocycles. The van der Waals surface area contributed by atoms with Crippen molar-refractivity contribution in [3.8, 4) is 5.75 Å². The summed E-state index contributed by atoms with van der Waals surface area (Å²) in [4.78, 5) is 0. The molecule has 1 aromatic carbocycles. The third-order valence-corrected chi connectivity index (χ3v) is 5.66. The normalized spacial score (nSPS) is 11.2. The molecule has 0 saturated heterocycles. The predicted octanol–water partition coefficient (Wildman–Crippen LogP) is 8.29. The first-order chi connectivity index (χ1) is 12.7. The largest absolute Gasteiger partial charge is 0.507 e. The second kappa shape index (κ2) is 15.1. The van der Waals surface area contributed by atoms with Gasteiger partial charge in [-0.1, -0.05) is 103 Å². The number of benzene rings is 1. The molecule has 0 unspecified atom stereocenters. The van der Waals surface area contributed by atoms with Crippen LogP contribution in [0.4, 0.5) is 0 Å². The first-order valence-corrected chi connectivity index (χ1v) is 11.5. The summed E-state index contributed by atoms with van der Waals surface area (Å²) in [7, 11) is 0. The van der Waals surface area contributed by atoms with E-state index in [9.17, 15) is 5.11 Å². The highest BCUT2D eigenvalue weighted by molar-refractivity contribution is 5.45. The highest BCUT2D eigenvalue weighted by Crippen LogP contribution is 2.29. The molecule has 0 amide bonds. The lowest BCUT2D eigenvalue weighted by molar-refractivity contribution is 0.460. The van der Waals surface area contributed by atoms with Crippen LogP contribution in [-0.4, -0.2) is 5.11 Å². The Bertz CT molecular complexity index is 463. The molecule has 1 nitrogen and oxygen atoms in total. The van der Waals surface area contributed by atoms with Gasteiger partial charge in [-0.2, -0.15) is 0 Å². The van der Waals surface area contributed by atoms with Gasteiger partial charge in [-0.25, -0.2) is 0 Å². The maximum Gasteiger partial charge on any atom is 0.121 e. The van der Waals surface area contributed by atoms with Crippen LogP contribution in [0.25, 0.3) is 0 Å². The Morgan fingerprint density at radius 2 is 1.08 bits per heavy atom. The zero-order chi connectivity index (χ0) is 19.0. The molecule has 0 heterocycles. The van der Waals surface area contributed by atoms with E-state index in [4.69, 9.17) is 0 Å². The van der Waals surface area contributed by atoms with E-state index in [0.29, 0.717) is 5.75 Å². The molecule has 0 aliphatic rings. The van der Waals surface area contributed by atoms with Gasteiger partial charge >= 0.3 is 0 Å². The van der Waals surface area contributed by atoms with E-state index in [2.05, 4.69) is 26.0 Å². The fourth-order valence-electron chi connectivity index (χ4n) is 3.84. The minimum atomic E-state index is 0.566. The van der Waals surface area contributed by atoms with Crippen molar-refractivity contribution in [2.75, 3.05) is 0 Å². The van der Waals surface area contributed by atoms with Crippen LogP contribution in [0.3, 0.4) is 0 Å². The van der Waals surface area contributed by atoms with Crippen LogP contribution in [-0.2, 0) is 12.8 Å². The Balaban J connectivity index is 2.37. The molecule has 0 aliphatic heterocycles. The summed E-state index contributed by atoms with van der Waals surface area (Å²) < 4.78 is 0. The van der Waals surface area contributed by atoms with E-state index in [-0.39, 0.29) is 0 Å². The van der Waals surface area contributed by atoms with E-state index in [1.54, 1.807) is 0 Å². The summed E-state index contributed by atoms with van der Waals surface area (Å²) in [6.45, 7) is 6.57. The van der Waals surface area contributed by atoms with Crippen LogP contribution < -0.4 is 0 Å². The molecule has 0 radical (unpaired) electrons. The first kappa shape index (κ1) is 23.1. The van der Waals surface area contributed by atoms with Gasteiger partial charge in [-0.05, 0) is 49.3 Å². The molecule has 1 aromatic rings. The molecular weight excluding hydrogens is 316 g/mol. The van der Waals surface area contributed by atoms with Gasteiger partial charge in [0.25, 0.3) is 0 Å². The lowest BCUT2D eigenvalue weighted by Gasteiger charge is -2.14. The minimum absolute atomic E-state index is 0.566. The Kier molecular flexibility index (Phi) is 13.4. The molecule has 1 heteroatoms. The van der Waals surface area contributed by atoms with Gasteiger partial charge in [-0.3, -0.25) is 0 Å². The van der Waals surface area contributed by atoms with Crippen LogP contribution in [0.15, 0.2) is 12.1 Å². The van der Waals surface area contributed by atoms with Crippen molar-refractivity contribution < 1.29 is 5.11 Å². The Morgan fingerprint density at radius 1 is 0.615 bits per heavy atom. The number of rotatable bonds is 16. The van der Waals surface area contributed by atoms with Crippen molar-refractivity contribution in [2.45, 2.75) is 124 Å². The first-order valence-electron chi connectivity index (χ1n) is 11.5. The number of aryl methyl sites for hydroxylation is 2. The summed E-state index contributed by atoms with van der Waals surface area (Å²) in [5.41, 5.74) is 3.67. The molecule has 0 bridgehead atoms. The van der Waals surface area contributed by atoms with Gasteiger partial charge in [0, 0.05) is 0 Å². The van der Waals surface area contributed by atoms with Crippen LogP contribution in [0, 0.1) is 6.92 Å². The summed E-state index contributed by atoms with van der Waals surface area (Å²) in [5.74, 6) is 0.566. The SMILES string of the molecule is CCCCCCCCCc1ccc(C)c(O)c1CCCCCCCCC. The lowest BCUT2D eigenvalue weighted by Crippen LogP contribution is -1.98. The average Bonchev–Trinajstić information content (AvgIpc) is 2.64. The van der Waals surface area contributed by atoms with Gasteiger partial charge in [0.15, 0.2) is 0 Å². The zero-order valence-corrected chi connectivity index (χ0v) is 17.9. The van der Waals surface area contributed by atoms with Gasteiger partial charge in [0.1, 0.15) is 5.75 Å². The van der Waals surface area contributed by atoms with E-state index in [1.807, 2.05) is 6.92 Å². The molecule has 0 fully saturated rings. The third-order valence-electron chi connectivity index (χ3n) is 5.66. The molecule has 26 heavy (non-hydrogen) atoms. The maximum atomic E-state index is 10.6. The predicted molar refractivity (Wildman–Crippen MR) is 116 cm³/mol. The smallest absolute Gasteiger partial charge is 0.121 e. The Morgan fingerprint density at radius 3 is 1.62 bits per heavy atom. The number of aromatic hydroxyl groups is 1. The lowest BCUT2D eigenvalue weighted by atomic mass is 9.93. The van der Waals surface area contributed by atoms with Crippen molar-refractivity contribution >= 4 is 0 Å². The van der Waals surface area contributed by atoms with E-state index >= 15 is 0 Å². The monoisotopic (exact) mass is 360 g/mol. The Hall–Kier alpha value is -0.980. The number of phenols is 1. The minimum Gasteiger partial charge on any atom is -0.507 e. The summed E-state index contributed by atoms with van der Waals surface area (Å²) in [6.07, 6.45) is 20.9. The molecule has 150 valence electrons. The van der Waals surface area contributed by atoms with Crippen molar-refractivity contribution in [3.63, 3.8) is 0 Å². The highest BCUT2D eigenvalue weighted by Gasteiger charge is 2.10. The summed E-state index contributed by atoms with van der Waals surface area (Å²) >= 11 is 0. The van der Waals surface area contributed by atoms with Crippen LogP contribution in [0.2, 0.25) is 0 Å². The van der Waals surface area contributed by atoms with Crippen molar-refractivity contribution in [1.82, 2.24) is 0 Å². The van der Waals surface area contributed by atoms with Crippen LogP contribution in [0.5, 0.6) is 5.75 Å². The molecule has 0 saturated carbocycles. The zero-order valence-electron chi connectivity index (χ0n) is 17.9. The van der Waals surface area contributed by atoms with E-state index in [1.165, 1.54) is 101 Å². The number of unbranched alkanes of at least 4 members (excludes halogenated alkanes) is 12. The van der Waals surface area contributed by atoms with Gasteiger partial charge in [0.2, 0.25) is 0 Å². The van der Waals surface area contributed by atoms with Crippen molar-refractivity contribution in [3.05, 3.63) is 28.8 Å². The van der Waals surface area contributed by atoms with Crippen LogP contribution >= 0.6 is 0 Å². The fourth-order valence-corrected chi connectivity index (χ4v) is 3.84. The second-order valence-corrected chi connectivity index (χ2v) is 8.11. The molecule has 1 N–H and O–H groups in total. The maximum absolute atomic E-state index is 10.6. The summed E-state index contributed by atoms with van der Waals surface area (Å²) in [5, 5.41) is 10.6. The summed E-state index contributed by atoms with van der Waals surface area (Å²) in [6, 6.07) is 4.36. The van der Waals surface area contributed by atoms with Gasteiger partial charge < -0.3 is 5.11 Å². The molecule has 0 aliphatic carbocycles. The second-order valence-electron chi connectivity index (χ2n) is 8.11. The molecule has 1 rings (SSSR count). The van der Waals surface area contributed by atoms with E-state index < -0.39 is 0 Å². The number of hydrogen-bond donors (Lipinski definition) is 1. The fraction of sp³-hybridized carbons (Fsp3) is 0.760. The third kappa shape index (κ3) is 9.64. The Labute approximate surface area is 163 Å². The van der Waals surface area contributed by atoms with Crippen LogP contribution in [0.1, 0.15) is 120 Å². The van der Waals surface area contributed by atoms with Gasteiger partial charge in [0.05, 0.1) is 0 Å². The molecule has 0 spiro atoms. The molecular formula is C25H44O. The highest BCUT2D eigenvalue weighted by atomic mass is 16.3. The molecule has 0 atom stereocenters. The quantitative estimate of drug-likeness (QED) is 0.294. The van der Waals surface area contributed by atoms with Crippen molar-refractivity contribution in [2.24, 2.45) is 0 Å². The van der Waals surface area contributed by atoms with E-state index in [0.717, 1.165) is 18.4 Å². The standard InChI is InChI=1S/C25H44O/c1-4-6-8-10-12-14-16-18-23-21-20-22(3)25(26)24(23)19-17-15-13-11-9-7-5-2/h20-21,26H,4-19H2,1-3H3. The number of hydrogen-bond acceptors (Lipinski definition) is 1. The van der Waals surface area contributed by atoms with Crippen molar-refractivity contribution in [1.29, 1.82) is 0 Å². The average molecular weight is 361 g/mol.